The smallest absolute Gasteiger partial charge is 0.227 e. The lowest BCUT2D eigenvalue weighted by atomic mass is 10.2. The molecular formula is C26H31N5O. The summed E-state index contributed by atoms with van der Waals surface area (Å²) in [6.45, 7) is 6.51. The van der Waals surface area contributed by atoms with Gasteiger partial charge in [-0.1, -0.05) is 54.6 Å². The SMILES string of the molecule is C(=C\c1ccccc1)/CN1CCN(c2nc(NC[C@H]3CCCO3)c3ccccc3n2)CC1. The van der Waals surface area contributed by atoms with E-state index in [2.05, 4.69) is 69.7 Å². The van der Waals surface area contributed by atoms with Crippen molar-refractivity contribution in [3.63, 3.8) is 0 Å². The van der Waals surface area contributed by atoms with Crippen LogP contribution in [-0.4, -0.2) is 66.8 Å². The Balaban J connectivity index is 1.23. The lowest BCUT2D eigenvalue weighted by molar-refractivity contribution is 0.120. The second-order valence-electron chi connectivity index (χ2n) is 8.51. The van der Waals surface area contributed by atoms with Crippen molar-refractivity contribution in [3.05, 3.63) is 66.2 Å². The molecule has 6 nitrogen and oxygen atoms in total. The van der Waals surface area contributed by atoms with Crippen molar-refractivity contribution in [2.75, 3.05) is 56.1 Å². The number of aromatic nitrogens is 2. The molecule has 0 saturated carbocycles. The first kappa shape index (κ1) is 20.9. The van der Waals surface area contributed by atoms with E-state index in [0.717, 1.165) is 81.4 Å². The third-order valence-corrected chi connectivity index (χ3v) is 6.24. The number of piperazine rings is 1. The zero-order chi connectivity index (χ0) is 21.6. The third kappa shape index (κ3) is 5.09. The van der Waals surface area contributed by atoms with Gasteiger partial charge in [0.1, 0.15) is 5.82 Å². The molecule has 3 aromatic rings. The molecule has 2 aromatic carbocycles. The van der Waals surface area contributed by atoms with E-state index in [1.165, 1.54) is 5.56 Å². The Bertz CT molecular complexity index is 1040. The Morgan fingerprint density at radius 2 is 1.78 bits per heavy atom. The molecule has 3 heterocycles. The summed E-state index contributed by atoms with van der Waals surface area (Å²) in [5.41, 5.74) is 2.24. The highest BCUT2D eigenvalue weighted by atomic mass is 16.5. The van der Waals surface area contributed by atoms with Gasteiger partial charge in [-0.3, -0.25) is 4.90 Å². The summed E-state index contributed by atoms with van der Waals surface area (Å²) in [7, 11) is 0. The first-order valence-corrected chi connectivity index (χ1v) is 11.7. The van der Waals surface area contributed by atoms with Crippen molar-refractivity contribution in [1.82, 2.24) is 14.9 Å². The van der Waals surface area contributed by atoms with Crippen LogP contribution in [0.2, 0.25) is 0 Å². The molecule has 166 valence electrons. The van der Waals surface area contributed by atoms with E-state index in [1.807, 2.05) is 12.1 Å². The Hall–Kier alpha value is -2.96. The van der Waals surface area contributed by atoms with Gasteiger partial charge in [0.05, 0.1) is 11.6 Å². The van der Waals surface area contributed by atoms with Crippen molar-refractivity contribution in [2.24, 2.45) is 0 Å². The zero-order valence-corrected chi connectivity index (χ0v) is 18.5. The highest BCUT2D eigenvalue weighted by Gasteiger charge is 2.21. The molecule has 0 unspecified atom stereocenters. The van der Waals surface area contributed by atoms with Gasteiger partial charge in [0.25, 0.3) is 0 Å². The van der Waals surface area contributed by atoms with E-state index >= 15 is 0 Å². The molecule has 0 bridgehead atoms. The van der Waals surface area contributed by atoms with Crippen LogP contribution >= 0.6 is 0 Å². The standard InChI is InChI=1S/C26H31N5O/c1-2-8-21(9-3-1)10-6-14-30-15-17-31(18-16-30)26-28-24-13-5-4-12-23(24)25(29-26)27-20-22-11-7-19-32-22/h1-6,8-10,12-13,22H,7,11,14-20H2,(H,27,28,29)/b10-6+/t22-/m1/s1. The molecule has 6 heteroatoms. The van der Waals surface area contributed by atoms with Gasteiger partial charge in [-0.05, 0) is 30.5 Å². The summed E-state index contributed by atoms with van der Waals surface area (Å²) < 4.78 is 5.78. The van der Waals surface area contributed by atoms with Crippen molar-refractivity contribution in [3.8, 4) is 0 Å². The molecule has 0 aliphatic carbocycles. The number of anilines is 2. The number of rotatable bonds is 7. The molecule has 2 aliphatic heterocycles. The number of hydrogen-bond donors (Lipinski definition) is 1. The number of benzene rings is 2. The third-order valence-electron chi connectivity index (χ3n) is 6.24. The van der Waals surface area contributed by atoms with Gasteiger partial charge in [0, 0.05) is 51.3 Å². The maximum absolute atomic E-state index is 5.78. The Morgan fingerprint density at radius 1 is 0.969 bits per heavy atom. The van der Waals surface area contributed by atoms with Crippen molar-refractivity contribution < 1.29 is 4.74 Å². The normalized spacial score (nSPS) is 19.8. The predicted octanol–water partition coefficient (Wildman–Crippen LogP) is 4.06. The summed E-state index contributed by atoms with van der Waals surface area (Å²) in [6, 6.07) is 18.7. The molecule has 1 N–H and O–H groups in total. The average molecular weight is 430 g/mol. The molecule has 0 amide bonds. The van der Waals surface area contributed by atoms with E-state index in [-0.39, 0.29) is 6.10 Å². The van der Waals surface area contributed by atoms with Gasteiger partial charge in [-0.2, -0.15) is 4.98 Å². The molecule has 32 heavy (non-hydrogen) atoms. The van der Waals surface area contributed by atoms with Crippen LogP contribution in [0.25, 0.3) is 17.0 Å². The number of fused-ring (bicyclic) bond motifs is 1. The summed E-state index contributed by atoms with van der Waals surface area (Å²) >= 11 is 0. The number of para-hydroxylation sites is 1. The molecule has 5 rings (SSSR count). The van der Waals surface area contributed by atoms with Gasteiger partial charge in [-0.15, -0.1) is 0 Å². The Morgan fingerprint density at radius 3 is 2.59 bits per heavy atom. The molecule has 2 saturated heterocycles. The second kappa shape index (κ2) is 10.1. The average Bonchev–Trinajstić information content (AvgIpc) is 3.37. The minimum absolute atomic E-state index is 0.277. The summed E-state index contributed by atoms with van der Waals surface area (Å²) in [5, 5.41) is 4.61. The topological polar surface area (TPSA) is 53.5 Å². The molecule has 1 aromatic heterocycles. The number of nitrogens with one attached hydrogen (secondary N) is 1. The van der Waals surface area contributed by atoms with Gasteiger partial charge in [-0.25, -0.2) is 4.98 Å². The monoisotopic (exact) mass is 429 g/mol. The van der Waals surface area contributed by atoms with Gasteiger partial charge in [0.2, 0.25) is 5.95 Å². The molecule has 2 fully saturated rings. The van der Waals surface area contributed by atoms with E-state index in [1.54, 1.807) is 0 Å². The largest absolute Gasteiger partial charge is 0.376 e. The highest BCUT2D eigenvalue weighted by Crippen LogP contribution is 2.25. The molecule has 1 atom stereocenters. The summed E-state index contributed by atoms with van der Waals surface area (Å²) in [4.78, 5) is 14.6. The first-order valence-electron chi connectivity index (χ1n) is 11.7. The van der Waals surface area contributed by atoms with Gasteiger partial charge in [0.15, 0.2) is 0 Å². The van der Waals surface area contributed by atoms with E-state index in [4.69, 9.17) is 14.7 Å². The lowest BCUT2D eigenvalue weighted by Gasteiger charge is -2.34. The minimum Gasteiger partial charge on any atom is -0.376 e. The fourth-order valence-electron chi connectivity index (χ4n) is 4.39. The van der Waals surface area contributed by atoms with E-state index < -0.39 is 0 Å². The molecule has 2 aliphatic rings. The van der Waals surface area contributed by atoms with Crippen LogP contribution in [-0.2, 0) is 4.74 Å². The quantitative estimate of drug-likeness (QED) is 0.611. The number of nitrogens with zero attached hydrogens (tertiary/aromatic N) is 4. The maximum atomic E-state index is 5.78. The van der Waals surface area contributed by atoms with Gasteiger partial charge >= 0.3 is 0 Å². The van der Waals surface area contributed by atoms with E-state index in [0.29, 0.717) is 0 Å². The van der Waals surface area contributed by atoms with Crippen LogP contribution in [0.4, 0.5) is 11.8 Å². The first-order chi connectivity index (χ1) is 15.8. The van der Waals surface area contributed by atoms with E-state index in [9.17, 15) is 0 Å². The van der Waals surface area contributed by atoms with Gasteiger partial charge < -0.3 is 15.0 Å². The van der Waals surface area contributed by atoms with Crippen molar-refractivity contribution in [1.29, 1.82) is 0 Å². The van der Waals surface area contributed by atoms with Crippen molar-refractivity contribution >= 4 is 28.7 Å². The minimum atomic E-state index is 0.277. The Labute approximate surface area is 189 Å². The summed E-state index contributed by atoms with van der Waals surface area (Å²) in [6.07, 6.45) is 6.99. The fourth-order valence-corrected chi connectivity index (χ4v) is 4.39. The number of ether oxygens (including phenoxy) is 1. The van der Waals surface area contributed by atoms with Crippen LogP contribution in [0, 0.1) is 0 Å². The lowest BCUT2D eigenvalue weighted by Crippen LogP contribution is -2.47. The maximum Gasteiger partial charge on any atom is 0.227 e. The Kier molecular flexibility index (Phi) is 6.61. The molecule has 0 spiro atoms. The van der Waals surface area contributed by atoms with Crippen LogP contribution in [0.3, 0.4) is 0 Å². The highest BCUT2D eigenvalue weighted by molar-refractivity contribution is 5.90. The zero-order valence-electron chi connectivity index (χ0n) is 18.5. The predicted molar refractivity (Wildman–Crippen MR) is 131 cm³/mol. The van der Waals surface area contributed by atoms with Crippen molar-refractivity contribution in [2.45, 2.75) is 18.9 Å². The van der Waals surface area contributed by atoms with Crippen LogP contribution < -0.4 is 10.2 Å². The molecular weight excluding hydrogens is 398 g/mol. The van der Waals surface area contributed by atoms with Crippen LogP contribution in [0.15, 0.2) is 60.7 Å². The number of hydrogen-bond acceptors (Lipinski definition) is 6. The second-order valence-corrected chi connectivity index (χ2v) is 8.51. The van der Waals surface area contributed by atoms with Crippen LogP contribution in [0.5, 0.6) is 0 Å². The summed E-state index contributed by atoms with van der Waals surface area (Å²) in [5.74, 6) is 1.73. The van der Waals surface area contributed by atoms with Crippen LogP contribution in [0.1, 0.15) is 18.4 Å². The fraction of sp³-hybridized carbons (Fsp3) is 0.385. The molecule has 0 radical (unpaired) electrons.